The van der Waals surface area contributed by atoms with Crippen LogP contribution in [0.15, 0.2) is 12.2 Å². The van der Waals surface area contributed by atoms with Gasteiger partial charge in [0.15, 0.2) is 0 Å². The maximum Gasteiger partial charge on any atom is 0.259 e. The third-order valence-electron chi connectivity index (χ3n) is 5.94. The minimum absolute atomic E-state index is 0.0235. The Hall–Kier alpha value is -0.840. The molecule has 3 aliphatic rings. The number of allylic oxidation sites excluding steroid dienone is 1. The molecule has 3 rings (SSSR count). The first-order valence-corrected chi connectivity index (χ1v) is 8.56. The number of sulfonamides is 1. The molecule has 0 N–H and O–H groups in total. The molecule has 4 nitrogen and oxygen atoms in total. The normalized spacial score (nSPS) is 41.9. The standard InChI is InChI=1S/C14H21NO3S/c1-4-5-12(16)15-11-8-10-6-7-14(11,13(10,2)3)9-19(15,17)18/h4-5,10-11H,6-9H2,1-3H3/b5-4-/t10-,11+,14+/m1/s1. The zero-order valence-corrected chi connectivity index (χ0v) is 12.5. The van der Waals surface area contributed by atoms with Crippen LogP contribution in [0.2, 0.25) is 0 Å². The minimum atomic E-state index is -3.45. The van der Waals surface area contributed by atoms with Gasteiger partial charge in [-0.25, -0.2) is 12.7 Å². The van der Waals surface area contributed by atoms with Crippen molar-refractivity contribution in [1.29, 1.82) is 0 Å². The third kappa shape index (κ3) is 1.40. The van der Waals surface area contributed by atoms with Crippen molar-refractivity contribution < 1.29 is 13.2 Å². The number of nitrogens with zero attached hydrogens (tertiary/aromatic N) is 1. The average molecular weight is 283 g/mol. The molecule has 1 aliphatic heterocycles. The van der Waals surface area contributed by atoms with Gasteiger partial charge in [-0.2, -0.15) is 0 Å². The molecule has 1 spiro atoms. The Labute approximate surface area is 114 Å². The lowest BCUT2D eigenvalue weighted by Gasteiger charge is -2.36. The van der Waals surface area contributed by atoms with Crippen LogP contribution in [0.25, 0.3) is 0 Å². The fraction of sp³-hybridized carbons (Fsp3) is 0.786. The second-order valence-electron chi connectivity index (χ2n) is 6.76. The number of fused-ring (bicyclic) bond motifs is 1. The molecule has 0 unspecified atom stereocenters. The van der Waals surface area contributed by atoms with Crippen molar-refractivity contribution in [1.82, 2.24) is 4.31 Å². The second-order valence-corrected chi connectivity index (χ2v) is 8.60. The van der Waals surface area contributed by atoms with E-state index in [1.54, 1.807) is 13.0 Å². The van der Waals surface area contributed by atoms with Crippen molar-refractivity contribution >= 4 is 15.9 Å². The van der Waals surface area contributed by atoms with Gasteiger partial charge >= 0.3 is 0 Å². The van der Waals surface area contributed by atoms with Crippen LogP contribution in [0, 0.1) is 16.7 Å². The fourth-order valence-electron chi connectivity index (χ4n) is 4.80. The lowest BCUT2D eigenvalue weighted by atomic mass is 9.69. The summed E-state index contributed by atoms with van der Waals surface area (Å²) >= 11 is 0. The summed E-state index contributed by atoms with van der Waals surface area (Å²) in [6.07, 6.45) is 5.87. The Morgan fingerprint density at radius 3 is 2.63 bits per heavy atom. The average Bonchev–Trinajstić information content (AvgIpc) is 2.75. The van der Waals surface area contributed by atoms with Crippen LogP contribution in [0.4, 0.5) is 0 Å². The van der Waals surface area contributed by atoms with Gasteiger partial charge in [-0.15, -0.1) is 0 Å². The number of hydrogen-bond acceptors (Lipinski definition) is 3. The van der Waals surface area contributed by atoms with E-state index in [4.69, 9.17) is 0 Å². The molecule has 3 fully saturated rings. The van der Waals surface area contributed by atoms with E-state index in [0.717, 1.165) is 19.3 Å². The van der Waals surface area contributed by atoms with Crippen molar-refractivity contribution in [3.05, 3.63) is 12.2 Å². The first-order chi connectivity index (χ1) is 8.76. The predicted molar refractivity (Wildman–Crippen MR) is 72.8 cm³/mol. The van der Waals surface area contributed by atoms with Gasteiger partial charge in [-0.1, -0.05) is 19.9 Å². The van der Waals surface area contributed by atoms with Crippen molar-refractivity contribution in [2.45, 2.75) is 46.1 Å². The third-order valence-corrected chi connectivity index (χ3v) is 7.85. The Kier molecular flexibility index (Phi) is 2.51. The molecule has 0 aromatic carbocycles. The van der Waals surface area contributed by atoms with E-state index in [-0.39, 0.29) is 28.5 Å². The molecular weight excluding hydrogens is 262 g/mol. The summed E-state index contributed by atoms with van der Waals surface area (Å²) < 4.78 is 26.1. The zero-order valence-electron chi connectivity index (χ0n) is 11.7. The van der Waals surface area contributed by atoms with Crippen LogP contribution in [0.5, 0.6) is 0 Å². The van der Waals surface area contributed by atoms with Crippen LogP contribution in [-0.4, -0.2) is 30.4 Å². The SMILES string of the molecule is C/C=C\C(=O)N1[C@H]2C[C@H]3CC[C@@]2(CS1(=O)=O)C3(C)C. The van der Waals surface area contributed by atoms with Crippen LogP contribution in [0.1, 0.15) is 40.0 Å². The molecule has 19 heavy (non-hydrogen) atoms. The first-order valence-electron chi connectivity index (χ1n) is 6.95. The highest BCUT2D eigenvalue weighted by atomic mass is 32.2. The van der Waals surface area contributed by atoms with Crippen LogP contribution in [-0.2, 0) is 14.8 Å². The molecule has 0 aromatic heterocycles. The molecule has 0 radical (unpaired) electrons. The first kappa shape index (κ1) is 13.2. The maximum atomic E-state index is 12.4. The largest absolute Gasteiger partial charge is 0.269 e. The monoisotopic (exact) mass is 283 g/mol. The lowest BCUT2D eigenvalue weighted by Crippen LogP contribution is -2.43. The molecule has 2 saturated carbocycles. The summed E-state index contributed by atoms with van der Waals surface area (Å²) in [6.45, 7) is 6.11. The number of hydrogen-bond donors (Lipinski definition) is 0. The number of carbonyl (C=O) groups is 1. The van der Waals surface area contributed by atoms with Crippen molar-refractivity contribution in [3.8, 4) is 0 Å². The maximum absolute atomic E-state index is 12.4. The molecule has 1 amide bonds. The summed E-state index contributed by atoms with van der Waals surface area (Å²) in [5.74, 6) is 0.332. The number of carbonyl (C=O) groups excluding carboxylic acids is 1. The van der Waals surface area contributed by atoms with Gasteiger partial charge in [0.05, 0.1) is 11.8 Å². The van der Waals surface area contributed by atoms with Crippen molar-refractivity contribution in [3.63, 3.8) is 0 Å². The molecule has 2 aliphatic carbocycles. The van der Waals surface area contributed by atoms with E-state index in [1.165, 1.54) is 10.4 Å². The van der Waals surface area contributed by atoms with E-state index in [9.17, 15) is 13.2 Å². The summed E-state index contributed by atoms with van der Waals surface area (Å²) in [7, 11) is -3.45. The number of amides is 1. The quantitative estimate of drug-likeness (QED) is 0.691. The van der Waals surface area contributed by atoms with Gasteiger partial charge in [0, 0.05) is 5.41 Å². The lowest BCUT2D eigenvalue weighted by molar-refractivity contribution is -0.124. The second kappa shape index (κ2) is 3.62. The number of rotatable bonds is 1. The summed E-state index contributed by atoms with van der Waals surface area (Å²) in [5.41, 5.74) is -0.191. The predicted octanol–water partition coefficient (Wildman–Crippen LogP) is 1.93. The molecule has 2 bridgehead atoms. The van der Waals surface area contributed by atoms with Crippen molar-refractivity contribution in [2.75, 3.05) is 5.75 Å². The Morgan fingerprint density at radius 1 is 1.37 bits per heavy atom. The van der Waals surface area contributed by atoms with Gasteiger partial charge < -0.3 is 0 Å². The van der Waals surface area contributed by atoms with Gasteiger partial charge in [-0.05, 0) is 43.6 Å². The van der Waals surface area contributed by atoms with Crippen LogP contribution in [0.3, 0.4) is 0 Å². The highest BCUT2D eigenvalue weighted by molar-refractivity contribution is 7.90. The zero-order chi connectivity index (χ0) is 14.1. The van der Waals surface area contributed by atoms with Gasteiger partial charge in [0.1, 0.15) is 0 Å². The molecule has 1 heterocycles. The summed E-state index contributed by atoms with van der Waals surface area (Å²) in [4.78, 5) is 12.1. The Balaban J connectivity index is 2.09. The summed E-state index contributed by atoms with van der Waals surface area (Å²) in [5, 5.41) is 0. The highest BCUT2D eigenvalue weighted by Gasteiger charge is 2.72. The van der Waals surface area contributed by atoms with Crippen LogP contribution < -0.4 is 0 Å². The van der Waals surface area contributed by atoms with E-state index in [0.29, 0.717) is 5.92 Å². The fourth-order valence-corrected chi connectivity index (χ4v) is 7.30. The van der Waals surface area contributed by atoms with Crippen molar-refractivity contribution in [2.24, 2.45) is 16.7 Å². The molecule has 3 atom stereocenters. The van der Waals surface area contributed by atoms with E-state index < -0.39 is 10.0 Å². The van der Waals surface area contributed by atoms with Crippen LogP contribution >= 0.6 is 0 Å². The molecule has 5 heteroatoms. The molecule has 0 aromatic rings. The van der Waals surface area contributed by atoms with Gasteiger partial charge in [0.2, 0.25) is 10.0 Å². The molecular formula is C14H21NO3S. The van der Waals surface area contributed by atoms with Gasteiger partial charge in [0.25, 0.3) is 5.91 Å². The van der Waals surface area contributed by atoms with Gasteiger partial charge in [-0.3, -0.25) is 4.79 Å². The van der Waals surface area contributed by atoms with E-state index in [1.807, 2.05) is 0 Å². The topological polar surface area (TPSA) is 54.5 Å². The van der Waals surface area contributed by atoms with E-state index >= 15 is 0 Å². The summed E-state index contributed by atoms with van der Waals surface area (Å²) in [6, 6.07) is -0.116. The smallest absolute Gasteiger partial charge is 0.259 e. The molecule has 1 saturated heterocycles. The highest BCUT2D eigenvalue weighted by Crippen LogP contribution is 2.69. The Morgan fingerprint density at radius 2 is 2.05 bits per heavy atom. The Bertz CT molecular complexity index is 563. The molecule has 106 valence electrons. The van der Waals surface area contributed by atoms with E-state index in [2.05, 4.69) is 13.8 Å². The minimum Gasteiger partial charge on any atom is -0.269 e.